The Kier molecular flexibility index (Phi) is 7.78. The number of carbonyl (C=O) groups excluding carboxylic acids is 2. The average Bonchev–Trinajstić information content (AvgIpc) is 2.80. The van der Waals surface area contributed by atoms with Crippen molar-refractivity contribution < 1.29 is 32.2 Å². The van der Waals surface area contributed by atoms with Crippen LogP contribution in [0.2, 0.25) is 0 Å². The van der Waals surface area contributed by atoms with Crippen molar-refractivity contribution in [2.24, 2.45) is 0 Å². The Morgan fingerprint density at radius 2 is 1.82 bits per heavy atom. The van der Waals surface area contributed by atoms with Gasteiger partial charge in [-0.15, -0.1) is 13.2 Å². The summed E-state index contributed by atoms with van der Waals surface area (Å²) in [4.78, 5) is 34.3. The number of anilines is 2. The number of alkyl halides is 3. The summed E-state index contributed by atoms with van der Waals surface area (Å²) in [5, 5.41) is 0. The molecule has 2 heterocycles. The first-order chi connectivity index (χ1) is 16.0. The van der Waals surface area contributed by atoms with Gasteiger partial charge >= 0.3 is 6.36 Å². The van der Waals surface area contributed by atoms with Gasteiger partial charge in [-0.1, -0.05) is 0 Å². The zero-order valence-corrected chi connectivity index (χ0v) is 19.2. The molecule has 34 heavy (non-hydrogen) atoms. The lowest BCUT2D eigenvalue weighted by Crippen LogP contribution is -2.54. The molecule has 11 heteroatoms. The number of likely N-dealkylation sites (N-methyl/N-ethyl adjacent to an activating group) is 1. The fraction of sp³-hybridized carbons (Fsp3) is 0.435. The number of halogens is 3. The molecule has 1 aliphatic rings. The third-order valence-corrected chi connectivity index (χ3v) is 5.72. The van der Waals surface area contributed by atoms with Crippen molar-refractivity contribution in [3.63, 3.8) is 0 Å². The fourth-order valence-corrected chi connectivity index (χ4v) is 3.49. The van der Waals surface area contributed by atoms with Gasteiger partial charge in [-0.3, -0.25) is 19.4 Å². The Hall–Kier alpha value is -3.18. The highest BCUT2D eigenvalue weighted by molar-refractivity contribution is 6.11. The number of rotatable bonds is 8. The molecular weight excluding hydrogens is 453 g/mol. The van der Waals surface area contributed by atoms with Gasteiger partial charge < -0.3 is 14.4 Å². The number of benzene rings is 1. The molecular formula is C23H27F3N4O4. The SMILES string of the molecule is CN(Cc1ccnc(N2CCOCC2)c1)C(C)(C)C(=O)N(C=O)c1ccc(OC(F)(F)F)cc1. The minimum absolute atomic E-state index is 0.134. The Morgan fingerprint density at radius 3 is 2.41 bits per heavy atom. The molecule has 184 valence electrons. The maximum atomic E-state index is 13.3. The number of hydrogen-bond donors (Lipinski definition) is 0. The molecule has 0 unspecified atom stereocenters. The van der Waals surface area contributed by atoms with Gasteiger partial charge in [-0.05, 0) is 62.9 Å². The Bertz CT molecular complexity index is 992. The second-order valence-electron chi connectivity index (χ2n) is 8.36. The van der Waals surface area contributed by atoms with E-state index in [1.54, 1.807) is 32.0 Å². The van der Waals surface area contributed by atoms with Crippen LogP contribution in [0.4, 0.5) is 24.7 Å². The molecule has 3 rings (SSSR count). The normalized spacial score (nSPS) is 14.7. The van der Waals surface area contributed by atoms with Crippen LogP contribution in [0, 0.1) is 0 Å². The van der Waals surface area contributed by atoms with Crippen molar-refractivity contribution in [3.05, 3.63) is 48.2 Å². The number of amides is 2. The molecule has 0 atom stereocenters. The quantitative estimate of drug-likeness (QED) is 0.537. The molecule has 1 aliphatic heterocycles. The Labute approximate surface area is 195 Å². The number of hydrogen-bond acceptors (Lipinski definition) is 7. The zero-order valence-electron chi connectivity index (χ0n) is 19.2. The highest BCUT2D eigenvalue weighted by atomic mass is 19.4. The van der Waals surface area contributed by atoms with Gasteiger partial charge in [0.25, 0.3) is 5.91 Å². The van der Waals surface area contributed by atoms with E-state index in [-0.39, 0.29) is 5.69 Å². The number of nitrogens with zero attached hydrogens (tertiary/aromatic N) is 4. The molecule has 1 fully saturated rings. The Morgan fingerprint density at radius 1 is 1.18 bits per heavy atom. The van der Waals surface area contributed by atoms with Crippen LogP contribution in [0.1, 0.15) is 19.4 Å². The van der Waals surface area contributed by atoms with Crippen molar-refractivity contribution >= 4 is 23.8 Å². The summed E-state index contributed by atoms with van der Waals surface area (Å²) < 4.78 is 46.4. The van der Waals surface area contributed by atoms with Crippen molar-refractivity contribution in [2.75, 3.05) is 43.2 Å². The lowest BCUT2D eigenvalue weighted by Gasteiger charge is -2.36. The van der Waals surface area contributed by atoms with Crippen LogP contribution in [0.25, 0.3) is 0 Å². The summed E-state index contributed by atoms with van der Waals surface area (Å²) in [6, 6.07) is 8.36. The van der Waals surface area contributed by atoms with Gasteiger partial charge in [0.1, 0.15) is 11.6 Å². The summed E-state index contributed by atoms with van der Waals surface area (Å²) in [7, 11) is 1.76. The molecule has 0 N–H and O–H groups in total. The third kappa shape index (κ3) is 6.23. The summed E-state index contributed by atoms with van der Waals surface area (Å²) in [6.07, 6.45) is -2.77. The van der Waals surface area contributed by atoms with Crippen molar-refractivity contribution in [1.29, 1.82) is 0 Å². The van der Waals surface area contributed by atoms with E-state index in [9.17, 15) is 22.8 Å². The van der Waals surface area contributed by atoms with Gasteiger partial charge in [0, 0.05) is 25.8 Å². The number of pyridine rings is 1. The van der Waals surface area contributed by atoms with E-state index in [0.717, 1.165) is 41.5 Å². The highest BCUT2D eigenvalue weighted by Crippen LogP contribution is 2.27. The number of aromatic nitrogens is 1. The molecule has 1 aromatic carbocycles. The number of morpholine rings is 1. The first kappa shape index (κ1) is 25.4. The van der Waals surface area contributed by atoms with E-state index >= 15 is 0 Å². The molecule has 0 radical (unpaired) electrons. The summed E-state index contributed by atoms with van der Waals surface area (Å²) in [6.45, 7) is 6.53. The first-order valence-electron chi connectivity index (χ1n) is 10.6. The number of imide groups is 1. The maximum absolute atomic E-state index is 13.3. The Balaban J connectivity index is 1.72. The summed E-state index contributed by atoms with van der Waals surface area (Å²) >= 11 is 0. The lowest BCUT2D eigenvalue weighted by atomic mass is 10.00. The number of carbonyl (C=O) groups is 2. The standard InChI is InChI=1S/C23H27F3N4O4/c1-22(2,21(32)30(16-31)18-4-6-19(7-5-18)34-23(24,25)26)28(3)15-17-8-9-27-20(14-17)29-10-12-33-13-11-29/h4-9,14,16H,10-13,15H2,1-3H3. The van der Waals surface area contributed by atoms with Gasteiger partial charge in [0.2, 0.25) is 6.41 Å². The second-order valence-corrected chi connectivity index (χ2v) is 8.36. The maximum Gasteiger partial charge on any atom is 0.573 e. The van der Waals surface area contributed by atoms with E-state index in [4.69, 9.17) is 4.74 Å². The topological polar surface area (TPSA) is 75.2 Å². The van der Waals surface area contributed by atoms with Gasteiger partial charge in [-0.25, -0.2) is 4.98 Å². The van der Waals surface area contributed by atoms with Gasteiger partial charge in [-0.2, -0.15) is 0 Å². The van der Waals surface area contributed by atoms with E-state index < -0.39 is 23.6 Å². The largest absolute Gasteiger partial charge is 0.573 e. The van der Waals surface area contributed by atoms with Crippen LogP contribution in [-0.2, 0) is 20.9 Å². The smallest absolute Gasteiger partial charge is 0.406 e. The molecule has 2 aromatic rings. The molecule has 0 aliphatic carbocycles. The monoisotopic (exact) mass is 480 g/mol. The highest BCUT2D eigenvalue weighted by Gasteiger charge is 2.37. The van der Waals surface area contributed by atoms with Crippen LogP contribution in [-0.4, -0.2) is 67.5 Å². The third-order valence-electron chi connectivity index (χ3n) is 5.72. The van der Waals surface area contributed by atoms with E-state index in [0.29, 0.717) is 26.2 Å². The van der Waals surface area contributed by atoms with Crippen molar-refractivity contribution in [1.82, 2.24) is 9.88 Å². The predicted molar refractivity (Wildman–Crippen MR) is 119 cm³/mol. The van der Waals surface area contributed by atoms with Crippen LogP contribution in [0.5, 0.6) is 5.75 Å². The minimum atomic E-state index is -4.83. The molecule has 8 nitrogen and oxygen atoms in total. The molecule has 0 bridgehead atoms. The predicted octanol–water partition coefficient (Wildman–Crippen LogP) is 3.22. The van der Waals surface area contributed by atoms with Crippen LogP contribution >= 0.6 is 0 Å². The van der Waals surface area contributed by atoms with Crippen LogP contribution in [0.3, 0.4) is 0 Å². The molecule has 2 amide bonds. The van der Waals surface area contributed by atoms with Crippen molar-refractivity contribution in [2.45, 2.75) is 32.3 Å². The summed E-state index contributed by atoms with van der Waals surface area (Å²) in [5.74, 6) is -0.148. The van der Waals surface area contributed by atoms with E-state index in [1.807, 2.05) is 12.1 Å². The van der Waals surface area contributed by atoms with Gasteiger partial charge in [0.05, 0.1) is 24.4 Å². The summed E-state index contributed by atoms with van der Waals surface area (Å²) in [5.41, 5.74) is -0.0366. The number of ether oxygens (including phenoxy) is 2. The first-order valence-corrected chi connectivity index (χ1v) is 10.6. The fourth-order valence-electron chi connectivity index (χ4n) is 3.49. The molecule has 1 saturated heterocycles. The molecule has 1 aromatic heterocycles. The lowest BCUT2D eigenvalue weighted by molar-refractivity contribution is -0.274. The minimum Gasteiger partial charge on any atom is -0.406 e. The van der Waals surface area contributed by atoms with Crippen molar-refractivity contribution in [3.8, 4) is 5.75 Å². The zero-order chi connectivity index (χ0) is 24.9. The van der Waals surface area contributed by atoms with E-state index in [1.165, 1.54) is 12.1 Å². The second kappa shape index (κ2) is 10.4. The van der Waals surface area contributed by atoms with Gasteiger partial charge in [0.15, 0.2) is 0 Å². The van der Waals surface area contributed by atoms with E-state index in [2.05, 4.69) is 14.6 Å². The van der Waals surface area contributed by atoms with Crippen LogP contribution in [0.15, 0.2) is 42.6 Å². The van der Waals surface area contributed by atoms with Crippen LogP contribution < -0.4 is 14.5 Å². The molecule has 0 spiro atoms. The molecule has 0 saturated carbocycles. The average molecular weight is 480 g/mol.